The maximum Gasteiger partial charge on any atom is 0.134 e. The summed E-state index contributed by atoms with van der Waals surface area (Å²) in [6.07, 6.45) is 3.49. The van der Waals surface area contributed by atoms with E-state index in [2.05, 4.69) is 26.8 Å². The van der Waals surface area contributed by atoms with E-state index in [1.165, 1.54) is 25.9 Å². The molecule has 0 radical (unpaired) electrons. The first-order valence-electron chi connectivity index (χ1n) is 6.76. The zero-order valence-corrected chi connectivity index (χ0v) is 11.4. The smallest absolute Gasteiger partial charge is 0.134 e. The van der Waals surface area contributed by atoms with Gasteiger partial charge in [-0.1, -0.05) is 6.92 Å². The molecular formula is C13H23N5. The van der Waals surface area contributed by atoms with Gasteiger partial charge in [0.15, 0.2) is 0 Å². The third-order valence-electron chi connectivity index (χ3n) is 3.44. The predicted molar refractivity (Wildman–Crippen MR) is 74.8 cm³/mol. The Kier molecular flexibility index (Phi) is 4.36. The van der Waals surface area contributed by atoms with Gasteiger partial charge >= 0.3 is 0 Å². The van der Waals surface area contributed by atoms with Crippen molar-refractivity contribution >= 4 is 11.6 Å². The van der Waals surface area contributed by atoms with Gasteiger partial charge in [-0.3, -0.25) is 0 Å². The molecule has 2 rings (SSSR count). The summed E-state index contributed by atoms with van der Waals surface area (Å²) in [5.41, 5.74) is 5.80. The van der Waals surface area contributed by atoms with Crippen LogP contribution in [-0.4, -0.2) is 48.1 Å². The zero-order chi connectivity index (χ0) is 13.0. The molecule has 0 atom stereocenters. The molecule has 0 spiro atoms. The van der Waals surface area contributed by atoms with Gasteiger partial charge in [-0.05, 0) is 25.9 Å². The second-order valence-corrected chi connectivity index (χ2v) is 4.89. The standard InChI is InChI=1S/C13H23N5/c1-3-12-15-11(14)10-13(16-12)17(2)8-9-18-6-4-5-7-18/h10H,3-9H2,1-2H3,(H2,14,15,16). The van der Waals surface area contributed by atoms with Crippen molar-refractivity contribution in [2.24, 2.45) is 0 Å². The molecule has 0 aliphatic carbocycles. The van der Waals surface area contributed by atoms with Crippen molar-refractivity contribution in [2.75, 3.05) is 43.9 Å². The largest absolute Gasteiger partial charge is 0.384 e. The quantitative estimate of drug-likeness (QED) is 0.848. The highest BCUT2D eigenvalue weighted by molar-refractivity contribution is 5.46. The molecule has 18 heavy (non-hydrogen) atoms. The number of rotatable bonds is 5. The topological polar surface area (TPSA) is 58.3 Å². The first-order chi connectivity index (χ1) is 8.69. The van der Waals surface area contributed by atoms with Crippen LogP contribution in [0, 0.1) is 0 Å². The fraction of sp³-hybridized carbons (Fsp3) is 0.692. The van der Waals surface area contributed by atoms with Gasteiger partial charge in [-0.25, -0.2) is 9.97 Å². The Balaban J connectivity index is 1.94. The molecule has 2 N–H and O–H groups in total. The summed E-state index contributed by atoms with van der Waals surface area (Å²) >= 11 is 0. The van der Waals surface area contributed by atoms with Gasteiger partial charge in [-0.15, -0.1) is 0 Å². The molecule has 1 aromatic rings. The number of nitrogens with zero attached hydrogens (tertiary/aromatic N) is 4. The molecule has 1 aliphatic rings. The van der Waals surface area contributed by atoms with Gasteiger partial charge in [0, 0.05) is 32.6 Å². The molecule has 0 unspecified atom stereocenters. The highest BCUT2D eigenvalue weighted by Crippen LogP contribution is 2.13. The summed E-state index contributed by atoms with van der Waals surface area (Å²) < 4.78 is 0. The Bertz CT molecular complexity index is 387. The van der Waals surface area contributed by atoms with Crippen LogP contribution in [0.25, 0.3) is 0 Å². The van der Waals surface area contributed by atoms with E-state index in [1.807, 2.05) is 13.0 Å². The van der Waals surface area contributed by atoms with E-state index >= 15 is 0 Å². The SMILES string of the molecule is CCc1nc(N)cc(N(C)CCN2CCCC2)n1. The maximum absolute atomic E-state index is 5.80. The molecule has 2 heterocycles. The molecular weight excluding hydrogens is 226 g/mol. The van der Waals surface area contributed by atoms with Gasteiger partial charge in [0.25, 0.3) is 0 Å². The van der Waals surface area contributed by atoms with Gasteiger partial charge < -0.3 is 15.5 Å². The van der Waals surface area contributed by atoms with E-state index in [0.717, 1.165) is 31.2 Å². The molecule has 1 fully saturated rings. The van der Waals surface area contributed by atoms with E-state index in [-0.39, 0.29) is 0 Å². The number of aryl methyl sites for hydroxylation is 1. The van der Waals surface area contributed by atoms with Crippen molar-refractivity contribution in [1.29, 1.82) is 0 Å². The van der Waals surface area contributed by atoms with Crippen LogP contribution in [0.4, 0.5) is 11.6 Å². The van der Waals surface area contributed by atoms with E-state index in [1.54, 1.807) is 0 Å². The number of nitrogen functional groups attached to an aromatic ring is 1. The van der Waals surface area contributed by atoms with Crippen LogP contribution in [0.15, 0.2) is 6.07 Å². The summed E-state index contributed by atoms with van der Waals surface area (Å²) in [7, 11) is 2.07. The number of hydrogen-bond donors (Lipinski definition) is 1. The highest BCUT2D eigenvalue weighted by atomic mass is 15.2. The molecule has 0 bridgehead atoms. The fourth-order valence-corrected chi connectivity index (χ4v) is 2.27. The lowest BCUT2D eigenvalue weighted by Gasteiger charge is -2.22. The summed E-state index contributed by atoms with van der Waals surface area (Å²) in [6.45, 7) is 6.60. The van der Waals surface area contributed by atoms with E-state index < -0.39 is 0 Å². The Morgan fingerprint density at radius 1 is 1.33 bits per heavy atom. The first kappa shape index (κ1) is 13.1. The van der Waals surface area contributed by atoms with Gasteiger partial charge in [0.2, 0.25) is 0 Å². The Labute approximate surface area is 109 Å². The Hall–Kier alpha value is -1.36. The molecule has 5 heteroatoms. The summed E-state index contributed by atoms with van der Waals surface area (Å²) in [6, 6.07) is 1.85. The summed E-state index contributed by atoms with van der Waals surface area (Å²) in [4.78, 5) is 13.4. The average molecular weight is 249 g/mol. The third kappa shape index (κ3) is 3.32. The minimum absolute atomic E-state index is 0.560. The Morgan fingerprint density at radius 2 is 2.06 bits per heavy atom. The van der Waals surface area contributed by atoms with Gasteiger partial charge in [-0.2, -0.15) is 0 Å². The van der Waals surface area contributed by atoms with Crippen LogP contribution in [0.3, 0.4) is 0 Å². The first-order valence-corrected chi connectivity index (χ1v) is 6.76. The normalized spacial score (nSPS) is 16.1. The van der Waals surface area contributed by atoms with E-state index in [9.17, 15) is 0 Å². The van der Waals surface area contributed by atoms with Gasteiger partial charge in [0.1, 0.15) is 17.5 Å². The van der Waals surface area contributed by atoms with Crippen molar-refractivity contribution in [2.45, 2.75) is 26.2 Å². The monoisotopic (exact) mass is 249 g/mol. The molecule has 1 aliphatic heterocycles. The van der Waals surface area contributed by atoms with E-state index in [0.29, 0.717) is 5.82 Å². The van der Waals surface area contributed by atoms with Crippen LogP contribution in [0.5, 0.6) is 0 Å². The van der Waals surface area contributed by atoms with Crippen molar-refractivity contribution in [3.63, 3.8) is 0 Å². The Morgan fingerprint density at radius 3 is 2.72 bits per heavy atom. The zero-order valence-electron chi connectivity index (χ0n) is 11.4. The highest BCUT2D eigenvalue weighted by Gasteiger charge is 2.13. The fourth-order valence-electron chi connectivity index (χ4n) is 2.27. The number of nitrogens with two attached hydrogens (primary N) is 1. The lowest BCUT2D eigenvalue weighted by atomic mass is 10.4. The van der Waals surface area contributed by atoms with Crippen LogP contribution < -0.4 is 10.6 Å². The molecule has 5 nitrogen and oxygen atoms in total. The van der Waals surface area contributed by atoms with Crippen LogP contribution in [0.1, 0.15) is 25.6 Å². The molecule has 0 aromatic carbocycles. The predicted octanol–water partition coefficient (Wildman–Crippen LogP) is 1.15. The third-order valence-corrected chi connectivity index (χ3v) is 3.44. The second-order valence-electron chi connectivity index (χ2n) is 4.89. The average Bonchev–Trinajstić information content (AvgIpc) is 2.88. The minimum atomic E-state index is 0.560. The number of anilines is 2. The van der Waals surface area contributed by atoms with Crippen molar-refractivity contribution < 1.29 is 0 Å². The lowest BCUT2D eigenvalue weighted by molar-refractivity contribution is 0.346. The van der Waals surface area contributed by atoms with Crippen molar-refractivity contribution in [3.05, 3.63) is 11.9 Å². The molecule has 0 amide bonds. The van der Waals surface area contributed by atoms with E-state index in [4.69, 9.17) is 5.73 Å². The number of hydrogen-bond acceptors (Lipinski definition) is 5. The van der Waals surface area contributed by atoms with Crippen molar-refractivity contribution in [1.82, 2.24) is 14.9 Å². The number of likely N-dealkylation sites (N-methyl/N-ethyl adjacent to an activating group) is 1. The number of aromatic nitrogens is 2. The molecule has 0 saturated carbocycles. The molecule has 100 valence electrons. The molecule has 1 aromatic heterocycles. The van der Waals surface area contributed by atoms with Crippen molar-refractivity contribution in [3.8, 4) is 0 Å². The second kappa shape index (κ2) is 6.00. The van der Waals surface area contributed by atoms with Crippen LogP contribution >= 0.6 is 0 Å². The minimum Gasteiger partial charge on any atom is -0.384 e. The van der Waals surface area contributed by atoms with Crippen LogP contribution in [0.2, 0.25) is 0 Å². The molecule has 1 saturated heterocycles. The summed E-state index contributed by atoms with van der Waals surface area (Å²) in [5, 5.41) is 0. The maximum atomic E-state index is 5.80. The summed E-state index contributed by atoms with van der Waals surface area (Å²) in [5.74, 6) is 2.31. The van der Waals surface area contributed by atoms with Crippen LogP contribution in [-0.2, 0) is 6.42 Å². The van der Waals surface area contributed by atoms with Gasteiger partial charge in [0.05, 0.1) is 0 Å². The lowest BCUT2D eigenvalue weighted by Crippen LogP contribution is -2.32. The number of likely N-dealkylation sites (tertiary alicyclic amines) is 1.